The van der Waals surface area contributed by atoms with Gasteiger partial charge >= 0.3 is 6.03 Å². The Bertz CT molecular complexity index is 901. The summed E-state index contributed by atoms with van der Waals surface area (Å²) in [6.45, 7) is 0.425. The number of carbonyl (C=O) groups is 1. The lowest BCUT2D eigenvalue weighted by Gasteiger charge is -2.09. The molecule has 0 saturated heterocycles. The zero-order valence-corrected chi connectivity index (χ0v) is 13.8. The molecule has 3 rings (SSSR count). The summed E-state index contributed by atoms with van der Waals surface area (Å²) in [6, 6.07) is 19.3. The number of nitrogens with zero attached hydrogens (tertiary/aromatic N) is 2. The largest absolute Gasteiger partial charge is 0.457 e. The van der Waals surface area contributed by atoms with E-state index in [4.69, 9.17) is 10.00 Å². The van der Waals surface area contributed by atoms with Crippen molar-refractivity contribution in [3.63, 3.8) is 0 Å². The molecule has 26 heavy (non-hydrogen) atoms. The van der Waals surface area contributed by atoms with Crippen LogP contribution in [0.3, 0.4) is 0 Å². The van der Waals surface area contributed by atoms with Gasteiger partial charge in [0.2, 0.25) is 0 Å². The molecular weight excluding hydrogens is 328 g/mol. The van der Waals surface area contributed by atoms with Crippen LogP contribution in [0.1, 0.15) is 11.1 Å². The van der Waals surface area contributed by atoms with Crippen LogP contribution in [0.4, 0.5) is 10.5 Å². The zero-order valence-electron chi connectivity index (χ0n) is 13.8. The van der Waals surface area contributed by atoms with Gasteiger partial charge in [-0.1, -0.05) is 0 Å². The molecule has 0 aliphatic carbocycles. The van der Waals surface area contributed by atoms with E-state index in [2.05, 4.69) is 21.7 Å². The molecule has 0 fully saturated rings. The van der Waals surface area contributed by atoms with Crippen LogP contribution < -0.4 is 15.4 Å². The second-order valence-corrected chi connectivity index (χ2v) is 5.43. The van der Waals surface area contributed by atoms with E-state index in [-0.39, 0.29) is 6.03 Å². The monoisotopic (exact) mass is 344 g/mol. The highest BCUT2D eigenvalue weighted by molar-refractivity contribution is 5.89. The maximum atomic E-state index is 11.9. The van der Waals surface area contributed by atoms with E-state index in [1.807, 2.05) is 12.1 Å². The number of ether oxygens (including phenoxy) is 1. The van der Waals surface area contributed by atoms with Gasteiger partial charge in [0.05, 0.1) is 11.6 Å². The fraction of sp³-hybridized carbons (Fsp3) is 0.0500. The van der Waals surface area contributed by atoms with Crippen molar-refractivity contribution in [2.75, 3.05) is 5.32 Å². The van der Waals surface area contributed by atoms with Crippen LogP contribution in [0, 0.1) is 11.3 Å². The van der Waals surface area contributed by atoms with Crippen molar-refractivity contribution < 1.29 is 9.53 Å². The molecule has 2 amide bonds. The second-order valence-electron chi connectivity index (χ2n) is 5.43. The highest BCUT2D eigenvalue weighted by Gasteiger charge is 2.03. The predicted octanol–water partition coefficient (Wildman–Crippen LogP) is 4.07. The molecule has 2 N–H and O–H groups in total. The number of amides is 2. The molecule has 128 valence electrons. The normalized spacial score (nSPS) is 9.81. The molecule has 3 aromatic rings. The fourth-order valence-corrected chi connectivity index (χ4v) is 2.20. The molecule has 1 aromatic heterocycles. The average Bonchev–Trinajstić information content (AvgIpc) is 2.69. The van der Waals surface area contributed by atoms with E-state index in [1.54, 1.807) is 60.9 Å². The highest BCUT2D eigenvalue weighted by Crippen LogP contribution is 2.23. The van der Waals surface area contributed by atoms with Crippen molar-refractivity contribution in [3.05, 3.63) is 84.2 Å². The Labute approximate surface area is 151 Å². The first-order valence-corrected chi connectivity index (χ1v) is 7.95. The number of pyridine rings is 1. The Kier molecular flexibility index (Phi) is 5.43. The van der Waals surface area contributed by atoms with Gasteiger partial charge in [0.15, 0.2) is 0 Å². The number of nitriles is 1. The summed E-state index contributed by atoms with van der Waals surface area (Å²) in [5.41, 5.74) is 2.21. The number of nitrogens with one attached hydrogen (secondary N) is 2. The maximum Gasteiger partial charge on any atom is 0.319 e. The third-order valence-electron chi connectivity index (χ3n) is 3.53. The first kappa shape index (κ1) is 17.0. The number of anilines is 1. The molecule has 6 heteroatoms. The van der Waals surface area contributed by atoms with E-state index in [9.17, 15) is 4.79 Å². The minimum atomic E-state index is -0.289. The maximum absolute atomic E-state index is 11.9. The van der Waals surface area contributed by atoms with Gasteiger partial charge in [-0.15, -0.1) is 0 Å². The Morgan fingerprint density at radius 3 is 2.19 bits per heavy atom. The second kappa shape index (κ2) is 8.31. The molecule has 0 bridgehead atoms. The molecule has 0 saturated carbocycles. The first-order chi connectivity index (χ1) is 12.7. The van der Waals surface area contributed by atoms with Crippen molar-refractivity contribution in [3.8, 4) is 17.6 Å². The molecule has 6 nitrogen and oxygen atoms in total. The summed E-state index contributed by atoms with van der Waals surface area (Å²) in [6.07, 6.45) is 3.36. The number of urea groups is 1. The van der Waals surface area contributed by atoms with Gasteiger partial charge in [0.25, 0.3) is 0 Å². The van der Waals surface area contributed by atoms with Gasteiger partial charge in [-0.2, -0.15) is 5.26 Å². The van der Waals surface area contributed by atoms with Gasteiger partial charge in [0.1, 0.15) is 11.5 Å². The lowest BCUT2D eigenvalue weighted by molar-refractivity contribution is 0.251. The summed E-state index contributed by atoms with van der Waals surface area (Å²) in [5.74, 6) is 1.28. The van der Waals surface area contributed by atoms with Crippen molar-refractivity contribution in [2.24, 2.45) is 0 Å². The summed E-state index contributed by atoms with van der Waals surface area (Å²) in [7, 11) is 0. The van der Waals surface area contributed by atoms with Crippen LogP contribution >= 0.6 is 0 Å². The molecule has 0 atom stereocenters. The third-order valence-corrected chi connectivity index (χ3v) is 3.53. The molecule has 0 radical (unpaired) electrons. The number of benzene rings is 2. The molecule has 0 unspecified atom stereocenters. The minimum Gasteiger partial charge on any atom is -0.457 e. The highest BCUT2D eigenvalue weighted by atomic mass is 16.5. The van der Waals surface area contributed by atoms with Crippen molar-refractivity contribution >= 4 is 11.7 Å². The molecular formula is C20H16N4O2. The minimum absolute atomic E-state index is 0.289. The van der Waals surface area contributed by atoms with Crippen LogP contribution in [-0.2, 0) is 6.54 Å². The Hall–Kier alpha value is -3.85. The summed E-state index contributed by atoms with van der Waals surface area (Å²) >= 11 is 0. The van der Waals surface area contributed by atoms with E-state index < -0.39 is 0 Å². The lowest BCUT2D eigenvalue weighted by Crippen LogP contribution is -2.28. The van der Waals surface area contributed by atoms with Gasteiger partial charge in [-0.25, -0.2) is 4.79 Å². The van der Waals surface area contributed by atoms with Crippen molar-refractivity contribution in [1.29, 1.82) is 5.26 Å². The summed E-state index contributed by atoms with van der Waals surface area (Å²) in [4.78, 5) is 15.9. The number of hydrogen-bond donors (Lipinski definition) is 2. The van der Waals surface area contributed by atoms with Gasteiger partial charge in [-0.3, -0.25) is 4.98 Å². The topological polar surface area (TPSA) is 87.0 Å². The molecule has 0 aliphatic heterocycles. The standard InChI is InChI=1S/C20H16N4O2/c21-13-15-1-5-18(6-2-15)26-19-7-3-17(4-8-19)24-20(25)23-14-16-9-11-22-12-10-16/h1-12H,14H2,(H2,23,24,25). The van der Waals surface area contributed by atoms with E-state index >= 15 is 0 Å². The molecule has 1 heterocycles. The third kappa shape index (κ3) is 4.82. The number of carbonyl (C=O) groups excluding carboxylic acids is 1. The van der Waals surface area contributed by atoms with Gasteiger partial charge < -0.3 is 15.4 Å². The number of rotatable bonds is 5. The molecule has 0 spiro atoms. The van der Waals surface area contributed by atoms with Crippen LogP contribution in [0.2, 0.25) is 0 Å². The fourth-order valence-electron chi connectivity index (χ4n) is 2.20. The molecule has 0 aliphatic rings. The van der Waals surface area contributed by atoms with Crippen LogP contribution in [0.5, 0.6) is 11.5 Å². The molecule has 2 aromatic carbocycles. The number of aromatic nitrogens is 1. The quantitative estimate of drug-likeness (QED) is 0.730. The Balaban J connectivity index is 1.52. The lowest BCUT2D eigenvalue weighted by atomic mass is 10.2. The van der Waals surface area contributed by atoms with Gasteiger partial charge in [0, 0.05) is 24.6 Å². The summed E-state index contributed by atoms with van der Waals surface area (Å²) in [5, 5.41) is 14.3. The zero-order chi connectivity index (χ0) is 18.2. The first-order valence-electron chi connectivity index (χ1n) is 7.95. The number of hydrogen-bond acceptors (Lipinski definition) is 4. The summed E-state index contributed by atoms with van der Waals surface area (Å²) < 4.78 is 5.70. The van der Waals surface area contributed by atoms with Crippen LogP contribution in [0.15, 0.2) is 73.1 Å². The van der Waals surface area contributed by atoms with E-state index in [0.717, 1.165) is 5.56 Å². The van der Waals surface area contributed by atoms with E-state index in [1.165, 1.54) is 0 Å². The smallest absolute Gasteiger partial charge is 0.319 e. The van der Waals surface area contributed by atoms with Crippen LogP contribution in [0.25, 0.3) is 0 Å². The Morgan fingerprint density at radius 1 is 0.962 bits per heavy atom. The van der Waals surface area contributed by atoms with E-state index in [0.29, 0.717) is 29.3 Å². The average molecular weight is 344 g/mol. The SMILES string of the molecule is N#Cc1ccc(Oc2ccc(NC(=O)NCc3ccncc3)cc2)cc1. The Morgan fingerprint density at radius 2 is 1.58 bits per heavy atom. The van der Waals surface area contributed by atoms with Gasteiger partial charge in [-0.05, 0) is 66.2 Å². The van der Waals surface area contributed by atoms with Crippen molar-refractivity contribution in [1.82, 2.24) is 10.3 Å². The van der Waals surface area contributed by atoms with Crippen LogP contribution in [-0.4, -0.2) is 11.0 Å². The van der Waals surface area contributed by atoms with Crippen molar-refractivity contribution in [2.45, 2.75) is 6.54 Å². The predicted molar refractivity (Wildman–Crippen MR) is 97.8 cm³/mol.